The fourth-order valence-corrected chi connectivity index (χ4v) is 9.20. The van der Waals surface area contributed by atoms with E-state index in [-0.39, 0.29) is 58.6 Å². The van der Waals surface area contributed by atoms with E-state index in [4.69, 9.17) is 4.74 Å². The number of benzene rings is 3. The number of amides is 2. The number of nitrogens with one attached hydrogen (secondary N) is 1. The smallest absolute Gasteiger partial charge is 0.410 e. The van der Waals surface area contributed by atoms with Crippen LogP contribution in [0, 0.1) is 0 Å². The Hall–Kier alpha value is -5.12. The lowest BCUT2D eigenvalue weighted by molar-refractivity contribution is -0.134. The van der Waals surface area contributed by atoms with E-state index in [1.807, 2.05) is 0 Å². The predicted molar refractivity (Wildman–Crippen MR) is 189 cm³/mol. The topological polar surface area (TPSA) is 176 Å². The number of aromatic hydroxyl groups is 1. The zero-order chi connectivity index (χ0) is 36.6. The van der Waals surface area contributed by atoms with Crippen molar-refractivity contribution in [2.24, 2.45) is 0 Å². The molecular weight excluding hydrogens is 695 g/mol. The van der Waals surface area contributed by atoms with E-state index in [1.54, 1.807) is 57.2 Å². The van der Waals surface area contributed by atoms with Gasteiger partial charge in [0.2, 0.25) is 25.8 Å². The molecule has 1 saturated heterocycles. The van der Waals surface area contributed by atoms with Crippen LogP contribution in [-0.2, 0) is 35.8 Å². The van der Waals surface area contributed by atoms with Crippen LogP contribution in [0.2, 0.25) is 0 Å². The molecule has 1 aliphatic heterocycles. The summed E-state index contributed by atoms with van der Waals surface area (Å²) in [6.45, 7) is 5.72. The predicted octanol–water partition coefficient (Wildman–Crippen LogP) is 4.29. The third-order valence-electron chi connectivity index (χ3n) is 8.46. The van der Waals surface area contributed by atoms with Crippen LogP contribution < -0.4 is 4.72 Å². The lowest BCUT2D eigenvalue weighted by Gasteiger charge is -2.37. The molecular formula is C36H37N5O8S2. The molecule has 3 aromatic carbocycles. The highest BCUT2D eigenvalue weighted by atomic mass is 32.2. The zero-order valence-electron chi connectivity index (χ0n) is 28.2. The van der Waals surface area contributed by atoms with Gasteiger partial charge in [-0.05, 0) is 69.2 Å². The fourth-order valence-electron chi connectivity index (χ4n) is 6.04. The Bertz CT molecular complexity index is 2340. The quantitative estimate of drug-likeness (QED) is 0.234. The Labute approximate surface area is 295 Å². The second kappa shape index (κ2) is 13.9. The van der Waals surface area contributed by atoms with Gasteiger partial charge in [0.15, 0.2) is 0 Å². The Balaban J connectivity index is 1.38. The van der Waals surface area contributed by atoms with Gasteiger partial charge in [-0.1, -0.05) is 30.3 Å². The number of pyridine rings is 2. The molecule has 51 heavy (non-hydrogen) atoms. The average Bonchev–Trinajstić information content (AvgIpc) is 3.10. The Morgan fingerprint density at radius 2 is 1.37 bits per heavy atom. The van der Waals surface area contributed by atoms with Gasteiger partial charge in [0.25, 0.3) is 0 Å². The van der Waals surface area contributed by atoms with E-state index < -0.39 is 43.5 Å². The summed E-state index contributed by atoms with van der Waals surface area (Å²) in [6.07, 6.45) is 5.09. The molecule has 5 aromatic rings. The number of sulfone groups is 1. The van der Waals surface area contributed by atoms with Crippen LogP contribution in [0.5, 0.6) is 5.75 Å². The molecule has 1 aliphatic rings. The first-order chi connectivity index (χ1) is 24.1. The van der Waals surface area contributed by atoms with Crippen molar-refractivity contribution in [1.82, 2.24) is 24.5 Å². The van der Waals surface area contributed by atoms with Gasteiger partial charge in [-0.15, -0.1) is 0 Å². The van der Waals surface area contributed by atoms with E-state index >= 15 is 0 Å². The van der Waals surface area contributed by atoms with Crippen molar-refractivity contribution < 1.29 is 36.3 Å². The van der Waals surface area contributed by atoms with Gasteiger partial charge in [-0.25, -0.2) is 21.6 Å². The summed E-state index contributed by atoms with van der Waals surface area (Å²) in [4.78, 5) is 37.7. The molecule has 13 nitrogen and oxygen atoms in total. The van der Waals surface area contributed by atoms with Gasteiger partial charge in [0.05, 0.1) is 14.7 Å². The number of carbonyl (C=O) groups is 2. The van der Waals surface area contributed by atoms with Crippen molar-refractivity contribution in [3.63, 3.8) is 0 Å². The molecule has 6 rings (SSSR count). The number of carbonyl (C=O) groups excluding carboxylic acids is 2. The number of aromatic nitrogens is 2. The minimum atomic E-state index is -4.39. The number of piperazine rings is 1. The normalized spacial score (nSPS) is 14.8. The highest BCUT2D eigenvalue weighted by Gasteiger charge is 2.35. The first-order valence-corrected chi connectivity index (χ1v) is 19.1. The largest absolute Gasteiger partial charge is 0.508 e. The second-order valence-corrected chi connectivity index (χ2v) is 16.7. The summed E-state index contributed by atoms with van der Waals surface area (Å²) in [5.74, 6) is -0.942. The first kappa shape index (κ1) is 35.7. The Morgan fingerprint density at radius 1 is 0.804 bits per heavy atom. The van der Waals surface area contributed by atoms with Gasteiger partial charge in [-0.2, -0.15) is 4.72 Å². The molecule has 1 fully saturated rings. The number of rotatable bonds is 8. The summed E-state index contributed by atoms with van der Waals surface area (Å²) in [5, 5.41) is 12.4. The van der Waals surface area contributed by atoms with Crippen LogP contribution in [0.25, 0.3) is 21.5 Å². The molecule has 15 heteroatoms. The molecule has 0 aliphatic carbocycles. The molecule has 0 radical (unpaired) electrons. The summed E-state index contributed by atoms with van der Waals surface area (Å²) >= 11 is 0. The average molecular weight is 732 g/mol. The third kappa shape index (κ3) is 7.65. The Morgan fingerprint density at radius 3 is 1.98 bits per heavy atom. The van der Waals surface area contributed by atoms with Crippen LogP contribution in [0.3, 0.4) is 0 Å². The molecule has 3 heterocycles. The van der Waals surface area contributed by atoms with E-state index in [0.717, 1.165) is 6.07 Å². The standard InChI is InChI=1S/C36H37N5O8S2/c1-36(2,3)49-35(44)41-18-16-40(17-19-41)34(43)30(39-51(47,48)32-9-5-7-26-23-38-15-13-29(26)32)20-24-10-11-27(42)21-33(24)50(45,46)31-8-4-6-25-22-37-14-12-28(25)31/h4-15,21-23,30,39,42H,16-20H2,1-3H3/t30-/m0/s1. The van der Waals surface area contributed by atoms with Crippen molar-refractivity contribution in [1.29, 1.82) is 0 Å². The summed E-state index contributed by atoms with van der Waals surface area (Å²) < 4.78 is 64.8. The van der Waals surface area contributed by atoms with Crippen LogP contribution in [0.15, 0.2) is 106 Å². The highest BCUT2D eigenvalue weighted by Crippen LogP contribution is 2.33. The van der Waals surface area contributed by atoms with Crippen molar-refractivity contribution in [3.8, 4) is 5.75 Å². The minimum Gasteiger partial charge on any atom is -0.508 e. The van der Waals surface area contributed by atoms with Crippen LogP contribution in [-0.4, -0.2) is 91.5 Å². The van der Waals surface area contributed by atoms with Crippen LogP contribution >= 0.6 is 0 Å². The highest BCUT2D eigenvalue weighted by molar-refractivity contribution is 7.91. The number of fused-ring (bicyclic) bond motifs is 2. The van der Waals surface area contributed by atoms with Gasteiger partial charge in [0, 0.05) is 72.5 Å². The summed E-state index contributed by atoms with van der Waals surface area (Å²) in [7, 11) is -8.71. The summed E-state index contributed by atoms with van der Waals surface area (Å²) in [5.41, 5.74) is -0.606. The first-order valence-electron chi connectivity index (χ1n) is 16.2. The van der Waals surface area contributed by atoms with Gasteiger partial charge < -0.3 is 19.6 Å². The molecule has 0 saturated carbocycles. The van der Waals surface area contributed by atoms with Crippen molar-refractivity contribution >= 4 is 53.4 Å². The molecule has 0 unspecified atom stereocenters. The SMILES string of the molecule is CC(C)(C)OC(=O)N1CCN(C(=O)[C@H](Cc2ccc(O)cc2S(=O)(=O)c2cccc3cnccc23)NS(=O)(=O)c2cccc3cnccc23)CC1. The van der Waals surface area contributed by atoms with Gasteiger partial charge in [0.1, 0.15) is 17.4 Å². The lowest BCUT2D eigenvalue weighted by atomic mass is 10.0. The van der Waals surface area contributed by atoms with Crippen molar-refractivity contribution in [2.75, 3.05) is 26.2 Å². The van der Waals surface area contributed by atoms with Crippen LogP contribution in [0.1, 0.15) is 26.3 Å². The zero-order valence-corrected chi connectivity index (χ0v) is 29.8. The Kier molecular flexibility index (Phi) is 9.72. The number of hydrogen-bond acceptors (Lipinski definition) is 10. The number of nitrogens with zero attached hydrogens (tertiary/aromatic N) is 4. The number of ether oxygens (including phenoxy) is 1. The molecule has 2 amide bonds. The summed E-state index contributed by atoms with van der Waals surface area (Å²) in [6, 6.07) is 14.8. The van der Waals surface area contributed by atoms with E-state index in [0.29, 0.717) is 21.5 Å². The van der Waals surface area contributed by atoms with E-state index in [2.05, 4.69) is 14.7 Å². The number of phenolic OH excluding ortho intramolecular Hbond substituents is 1. The maximum atomic E-state index is 14.3. The van der Waals surface area contributed by atoms with Gasteiger partial charge in [-0.3, -0.25) is 14.8 Å². The van der Waals surface area contributed by atoms with Crippen LogP contribution in [0.4, 0.5) is 4.79 Å². The minimum absolute atomic E-state index is 0.0414. The van der Waals surface area contributed by atoms with E-state index in [9.17, 15) is 31.5 Å². The third-order valence-corrected chi connectivity index (χ3v) is 11.9. The number of sulfonamides is 1. The molecule has 266 valence electrons. The fraction of sp³-hybridized carbons (Fsp3) is 0.278. The second-order valence-electron chi connectivity index (χ2n) is 13.2. The molecule has 0 bridgehead atoms. The van der Waals surface area contributed by atoms with Crippen molar-refractivity contribution in [2.45, 2.75) is 53.5 Å². The molecule has 2 aromatic heterocycles. The monoisotopic (exact) mass is 731 g/mol. The van der Waals surface area contributed by atoms with E-state index in [1.165, 1.54) is 58.9 Å². The molecule has 0 spiro atoms. The maximum Gasteiger partial charge on any atom is 0.410 e. The molecule has 2 N–H and O–H groups in total. The maximum absolute atomic E-state index is 14.3. The number of phenols is 1. The number of hydrogen-bond donors (Lipinski definition) is 2. The van der Waals surface area contributed by atoms with Crippen molar-refractivity contribution in [3.05, 3.63) is 97.1 Å². The van der Waals surface area contributed by atoms with Gasteiger partial charge >= 0.3 is 6.09 Å². The molecule has 1 atom stereocenters. The lowest BCUT2D eigenvalue weighted by Crippen LogP contribution is -2.56.